The van der Waals surface area contributed by atoms with Crippen LogP contribution in [0.5, 0.6) is 0 Å². The first-order chi connectivity index (χ1) is 9.40. The predicted molar refractivity (Wildman–Crippen MR) is 83.6 cm³/mol. The highest BCUT2D eigenvalue weighted by Gasteiger charge is 2.13. The Balaban J connectivity index is 2.19. The van der Waals surface area contributed by atoms with E-state index in [4.69, 9.17) is 16.7 Å². The fourth-order valence-electron chi connectivity index (χ4n) is 1.75. The summed E-state index contributed by atoms with van der Waals surface area (Å²) < 4.78 is 2.21. The van der Waals surface area contributed by atoms with Crippen LogP contribution in [-0.2, 0) is 12.8 Å². The van der Waals surface area contributed by atoms with Crippen molar-refractivity contribution in [1.82, 2.24) is 9.78 Å². The van der Waals surface area contributed by atoms with Crippen molar-refractivity contribution in [1.29, 1.82) is 0 Å². The standard InChI is InChI=1S/C13H12BrClN2O2S/c1-7-10(12(15)17(2)16-7)6-20-8-3-4-11(14)9(5-8)13(18)19/h3-5H,6H2,1-2H3,(H,18,19). The van der Waals surface area contributed by atoms with Gasteiger partial charge in [0.2, 0.25) is 0 Å². The number of aromatic carboxylic acids is 1. The number of carboxylic acids is 1. The highest BCUT2D eigenvalue weighted by molar-refractivity contribution is 9.10. The van der Waals surface area contributed by atoms with Crippen LogP contribution in [0.15, 0.2) is 27.6 Å². The minimum atomic E-state index is -0.949. The van der Waals surface area contributed by atoms with Crippen LogP contribution in [0.2, 0.25) is 5.15 Å². The molecule has 0 radical (unpaired) electrons. The van der Waals surface area contributed by atoms with Crippen LogP contribution in [0.1, 0.15) is 21.6 Å². The molecule has 0 saturated heterocycles. The van der Waals surface area contributed by atoms with E-state index >= 15 is 0 Å². The van der Waals surface area contributed by atoms with Crippen molar-refractivity contribution < 1.29 is 9.90 Å². The molecule has 1 N–H and O–H groups in total. The lowest BCUT2D eigenvalue weighted by Crippen LogP contribution is -1.97. The quantitative estimate of drug-likeness (QED) is 0.816. The van der Waals surface area contributed by atoms with Crippen molar-refractivity contribution >= 4 is 45.3 Å². The summed E-state index contributed by atoms with van der Waals surface area (Å²) in [5, 5.41) is 14.0. The van der Waals surface area contributed by atoms with Gasteiger partial charge >= 0.3 is 5.97 Å². The van der Waals surface area contributed by atoms with E-state index in [0.29, 0.717) is 15.4 Å². The van der Waals surface area contributed by atoms with Gasteiger partial charge in [-0.1, -0.05) is 11.6 Å². The third-order valence-electron chi connectivity index (χ3n) is 2.82. The Bertz CT molecular complexity index is 673. The summed E-state index contributed by atoms with van der Waals surface area (Å²) >= 11 is 10.9. The lowest BCUT2D eigenvalue weighted by molar-refractivity contribution is 0.0695. The van der Waals surface area contributed by atoms with Crippen molar-refractivity contribution in [3.8, 4) is 0 Å². The van der Waals surface area contributed by atoms with Crippen LogP contribution in [-0.4, -0.2) is 20.9 Å². The maximum absolute atomic E-state index is 11.1. The number of thioether (sulfide) groups is 1. The van der Waals surface area contributed by atoms with Gasteiger partial charge in [0.1, 0.15) is 5.15 Å². The zero-order valence-corrected chi connectivity index (χ0v) is 14.0. The van der Waals surface area contributed by atoms with E-state index in [1.165, 1.54) is 11.8 Å². The fourth-order valence-corrected chi connectivity index (χ4v) is 3.51. The fraction of sp³-hybridized carbons (Fsp3) is 0.231. The molecule has 2 rings (SSSR count). The van der Waals surface area contributed by atoms with Gasteiger partial charge in [0.05, 0.1) is 11.3 Å². The first-order valence-corrected chi connectivity index (χ1v) is 7.89. The number of rotatable bonds is 4. The minimum Gasteiger partial charge on any atom is -0.478 e. The van der Waals surface area contributed by atoms with Gasteiger partial charge in [-0.15, -0.1) is 11.8 Å². The number of hydrogen-bond acceptors (Lipinski definition) is 3. The van der Waals surface area contributed by atoms with E-state index in [2.05, 4.69) is 21.0 Å². The van der Waals surface area contributed by atoms with Crippen molar-refractivity contribution in [2.24, 2.45) is 7.05 Å². The van der Waals surface area contributed by atoms with Gasteiger partial charge in [0.25, 0.3) is 0 Å². The molecule has 106 valence electrons. The van der Waals surface area contributed by atoms with Gasteiger partial charge in [-0.2, -0.15) is 5.10 Å². The summed E-state index contributed by atoms with van der Waals surface area (Å²) in [5.74, 6) is -0.297. The summed E-state index contributed by atoms with van der Waals surface area (Å²) in [6, 6.07) is 5.26. The van der Waals surface area contributed by atoms with Crippen LogP contribution in [0.25, 0.3) is 0 Å². The number of aromatic nitrogens is 2. The molecule has 20 heavy (non-hydrogen) atoms. The maximum Gasteiger partial charge on any atom is 0.336 e. The number of aryl methyl sites for hydroxylation is 2. The lowest BCUT2D eigenvalue weighted by atomic mass is 10.2. The molecule has 7 heteroatoms. The zero-order valence-electron chi connectivity index (χ0n) is 10.9. The van der Waals surface area contributed by atoms with E-state index in [-0.39, 0.29) is 5.56 Å². The summed E-state index contributed by atoms with van der Waals surface area (Å²) in [6.07, 6.45) is 0. The highest BCUT2D eigenvalue weighted by Crippen LogP contribution is 2.30. The molecule has 0 aliphatic rings. The zero-order chi connectivity index (χ0) is 14.9. The topological polar surface area (TPSA) is 55.1 Å². The normalized spacial score (nSPS) is 10.8. The average molecular weight is 376 g/mol. The maximum atomic E-state index is 11.1. The molecule has 0 aliphatic carbocycles. The van der Waals surface area contributed by atoms with Crippen molar-refractivity contribution in [3.63, 3.8) is 0 Å². The molecule has 0 atom stereocenters. The van der Waals surface area contributed by atoms with E-state index in [0.717, 1.165) is 16.2 Å². The predicted octanol–water partition coefficient (Wildman–Crippen LogP) is 4.13. The Labute approximate surface area is 134 Å². The molecule has 0 saturated carbocycles. The Kier molecular flexibility index (Phi) is 4.78. The molecule has 0 fully saturated rings. The molecule has 0 spiro atoms. The van der Waals surface area contributed by atoms with Crippen LogP contribution in [0.3, 0.4) is 0 Å². The van der Waals surface area contributed by atoms with Gasteiger partial charge in [-0.3, -0.25) is 4.68 Å². The van der Waals surface area contributed by atoms with Crippen molar-refractivity contribution in [2.75, 3.05) is 0 Å². The molecule has 2 aromatic rings. The third kappa shape index (κ3) is 3.19. The molecular formula is C13H12BrClN2O2S. The second kappa shape index (κ2) is 6.20. The molecular weight excluding hydrogens is 364 g/mol. The van der Waals surface area contributed by atoms with Crippen molar-refractivity contribution in [2.45, 2.75) is 17.6 Å². The second-order valence-electron chi connectivity index (χ2n) is 4.21. The molecule has 0 bridgehead atoms. The summed E-state index contributed by atoms with van der Waals surface area (Å²) in [4.78, 5) is 12.0. The minimum absolute atomic E-state index is 0.254. The highest BCUT2D eigenvalue weighted by atomic mass is 79.9. The number of carboxylic acid groups (broad SMARTS) is 1. The van der Waals surface area contributed by atoms with Crippen LogP contribution in [0.4, 0.5) is 0 Å². The molecule has 0 amide bonds. The molecule has 1 heterocycles. The molecule has 0 aliphatic heterocycles. The second-order valence-corrected chi connectivity index (χ2v) is 6.47. The molecule has 1 aromatic heterocycles. The molecule has 4 nitrogen and oxygen atoms in total. The first kappa shape index (κ1) is 15.4. The average Bonchev–Trinajstić information content (AvgIpc) is 2.62. The first-order valence-electron chi connectivity index (χ1n) is 5.73. The smallest absolute Gasteiger partial charge is 0.336 e. The van der Waals surface area contributed by atoms with Crippen LogP contribution >= 0.6 is 39.3 Å². The van der Waals surface area contributed by atoms with E-state index in [1.807, 2.05) is 13.0 Å². The van der Waals surface area contributed by atoms with Gasteiger partial charge in [0, 0.05) is 27.7 Å². The lowest BCUT2D eigenvalue weighted by Gasteiger charge is -2.05. The molecule has 1 aromatic carbocycles. The monoisotopic (exact) mass is 374 g/mol. The number of benzene rings is 1. The summed E-state index contributed by atoms with van der Waals surface area (Å²) in [5.41, 5.74) is 2.11. The number of nitrogens with zero attached hydrogens (tertiary/aromatic N) is 2. The Morgan fingerprint density at radius 2 is 2.25 bits per heavy atom. The Hall–Kier alpha value is -0.980. The van der Waals surface area contributed by atoms with E-state index in [9.17, 15) is 4.79 Å². The van der Waals surface area contributed by atoms with Gasteiger partial charge in [-0.25, -0.2) is 4.79 Å². The number of halogens is 2. The SMILES string of the molecule is Cc1nn(C)c(Cl)c1CSc1ccc(Br)c(C(=O)O)c1. The Morgan fingerprint density at radius 3 is 2.80 bits per heavy atom. The van der Waals surface area contributed by atoms with Crippen molar-refractivity contribution in [3.05, 3.63) is 44.6 Å². The van der Waals surface area contributed by atoms with Crippen LogP contribution in [0, 0.1) is 6.92 Å². The largest absolute Gasteiger partial charge is 0.478 e. The summed E-state index contributed by atoms with van der Waals surface area (Å²) in [6.45, 7) is 1.91. The van der Waals surface area contributed by atoms with Gasteiger partial charge in [0.15, 0.2) is 0 Å². The van der Waals surface area contributed by atoms with Crippen LogP contribution < -0.4 is 0 Å². The summed E-state index contributed by atoms with van der Waals surface area (Å²) in [7, 11) is 1.80. The van der Waals surface area contributed by atoms with Gasteiger partial charge < -0.3 is 5.11 Å². The van der Waals surface area contributed by atoms with Gasteiger partial charge in [-0.05, 0) is 41.1 Å². The third-order valence-corrected chi connectivity index (χ3v) is 5.01. The number of hydrogen-bond donors (Lipinski definition) is 1. The molecule has 0 unspecified atom stereocenters. The Morgan fingerprint density at radius 1 is 1.55 bits per heavy atom. The number of carbonyl (C=O) groups is 1. The van der Waals surface area contributed by atoms with E-state index in [1.54, 1.807) is 23.9 Å². The van der Waals surface area contributed by atoms with E-state index < -0.39 is 5.97 Å².